The minimum Gasteiger partial charge on any atom is -0.369 e. The number of aliphatic imine (C=N–C) groups is 1. The molecule has 30 heavy (non-hydrogen) atoms. The van der Waals surface area contributed by atoms with Crippen LogP contribution in [0.4, 0.5) is 15.8 Å². The van der Waals surface area contributed by atoms with Crippen LogP contribution in [-0.4, -0.2) is 25.3 Å². The van der Waals surface area contributed by atoms with Crippen molar-refractivity contribution in [2.24, 2.45) is 4.99 Å². The Kier molecular flexibility index (Phi) is 12.7. The third-order valence-electron chi connectivity index (χ3n) is 5.32. The second-order valence-corrected chi connectivity index (χ2v) is 7.81. The molecule has 0 saturated heterocycles. The molecule has 5 heteroatoms. The van der Waals surface area contributed by atoms with Gasteiger partial charge in [0.15, 0.2) is 0 Å². The van der Waals surface area contributed by atoms with Crippen LogP contribution < -0.4 is 9.80 Å². The van der Waals surface area contributed by atoms with E-state index in [1.165, 1.54) is 49.5 Å². The van der Waals surface area contributed by atoms with E-state index >= 15 is 4.39 Å². The number of nitrogens with zero attached hydrogens (tertiary/aromatic N) is 3. The summed E-state index contributed by atoms with van der Waals surface area (Å²) in [6, 6.07) is 5.05. The SMILES string of the molecule is C/C=C(/C)N=C(C)N(C=O)c1ccc(N(CCCCCC)CCCCCC)c(F)c1. The van der Waals surface area contributed by atoms with Crippen LogP contribution in [0.25, 0.3) is 0 Å². The second-order valence-electron chi connectivity index (χ2n) is 7.81. The number of amides is 1. The van der Waals surface area contributed by atoms with E-state index in [1.54, 1.807) is 13.0 Å². The summed E-state index contributed by atoms with van der Waals surface area (Å²) in [5, 5.41) is 0. The number of rotatable bonds is 14. The van der Waals surface area contributed by atoms with Crippen molar-refractivity contribution < 1.29 is 9.18 Å². The van der Waals surface area contributed by atoms with Gasteiger partial charge in [-0.05, 0) is 45.7 Å². The van der Waals surface area contributed by atoms with E-state index in [4.69, 9.17) is 0 Å². The molecule has 0 bridgehead atoms. The predicted octanol–water partition coefficient (Wildman–Crippen LogP) is 7.10. The fraction of sp³-hybridized carbons (Fsp3) is 0.600. The number of unbranched alkanes of at least 4 members (excludes halogenated alkanes) is 6. The van der Waals surface area contributed by atoms with Crippen molar-refractivity contribution in [3.05, 3.63) is 35.8 Å². The molecule has 0 spiro atoms. The molecule has 0 N–H and O–H groups in total. The summed E-state index contributed by atoms with van der Waals surface area (Å²) >= 11 is 0. The summed E-state index contributed by atoms with van der Waals surface area (Å²) in [7, 11) is 0. The van der Waals surface area contributed by atoms with Crippen molar-refractivity contribution in [1.29, 1.82) is 0 Å². The molecule has 4 nitrogen and oxygen atoms in total. The highest BCUT2D eigenvalue weighted by Crippen LogP contribution is 2.26. The first-order chi connectivity index (χ1) is 14.5. The van der Waals surface area contributed by atoms with Gasteiger partial charge in [0.05, 0.1) is 11.4 Å². The van der Waals surface area contributed by atoms with Crippen molar-refractivity contribution in [3.8, 4) is 0 Å². The molecule has 0 unspecified atom stereocenters. The van der Waals surface area contributed by atoms with Crippen molar-refractivity contribution in [1.82, 2.24) is 0 Å². The number of halogens is 1. The largest absolute Gasteiger partial charge is 0.369 e. The van der Waals surface area contributed by atoms with E-state index in [9.17, 15) is 4.79 Å². The Morgan fingerprint density at radius 1 is 1.00 bits per heavy atom. The molecule has 0 saturated carbocycles. The monoisotopic (exact) mass is 417 g/mol. The quantitative estimate of drug-likeness (QED) is 0.140. The van der Waals surface area contributed by atoms with Gasteiger partial charge in [0.2, 0.25) is 6.41 Å². The van der Waals surface area contributed by atoms with Crippen molar-refractivity contribution in [2.45, 2.75) is 86.0 Å². The fourth-order valence-corrected chi connectivity index (χ4v) is 3.41. The first-order valence-electron chi connectivity index (χ1n) is 11.5. The van der Waals surface area contributed by atoms with E-state index in [0.29, 0.717) is 23.6 Å². The van der Waals surface area contributed by atoms with Crippen LogP contribution >= 0.6 is 0 Å². The van der Waals surface area contributed by atoms with E-state index < -0.39 is 0 Å². The maximum absolute atomic E-state index is 15.1. The zero-order valence-electron chi connectivity index (χ0n) is 19.6. The Morgan fingerprint density at radius 2 is 1.60 bits per heavy atom. The molecular weight excluding hydrogens is 377 g/mol. The molecule has 0 aliphatic carbocycles. The number of anilines is 2. The lowest BCUT2D eigenvalue weighted by molar-refractivity contribution is -0.106. The molecule has 1 aromatic rings. The molecule has 1 rings (SSSR count). The zero-order chi connectivity index (χ0) is 22.4. The fourth-order valence-electron chi connectivity index (χ4n) is 3.41. The Bertz CT molecular complexity index is 688. The van der Waals surface area contributed by atoms with Crippen LogP contribution in [0, 0.1) is 5.82 Å². The standard InChI is InChI=1S/C25H40FN3O/c1-6-9-11-13-17-28(18-14-12-10-7-2)25-16-15-23(19-24(25)26)29(20-30)22(5)27-21(4)8-3/h8,15-16,19-20H,6-7,9-14,17-18H2,1-5H3/b21-8-,27-22?. The van der Waals surface area contributed by atoms with Crippen LogP contribution in [0.15, 0.2) is 35.0 Å². The highest BCUT2D eigenvalue weighted by molar-refractivity contribution is 6.09. The van der Waals surface area contributed by atoms with Gasteiger partial charge in [-0.1, -0.05) is 58.4 Å². The smallest absolute Gasteiger partial charge is 0.219 e. The third-order valence-corrected chi connectivity index (χ3v) is 5.32. The molecule has 0 aliphatic heterocycles. The summed E-state index contributed by atoms with van der Waals surface area (Å²) < 4.78 is 15.1. The molecule has 1 amide bonds. The molecule has 0 fully saturated rings. The topological polar surface area (TPSA) is 35.9 Å². The maximum atomic E-state index is 15.1. The van der Waals surface area contributed by atoms with Gasteiger partial charge in [-0.15, -0.1) is 0 Å². The van der Waals surface area contributed by atoms with E-state index in [2.05, 4.69) is 23.7 Å². The van der Waals surface area contributed by atoms with Crippen LogP contribution in [0.1, 0.15) is 86.0 Å². The highest BCUT2D eigenvalue weighted by atomic mass is 19.1. The van der Waals surface area contributed by atoms with Crippen LogP contribution in [0.5, 0.6) is 0 Å². The first-order valence-corrected chi connectivity index (χ1v) is 11.5. The van der Waals surface area contributed by atoms with Crippen molar-refractivity contribution in [3.63, 3.8) is 0 Å². The summed E-state index contributed by atoms with van der Waals surface area (Å²) in [5.41, 5.74) is 1.92. The molecule has 0 heterocycles. The van der Waals surface area contributed by atoms with Crippen LogP contribution in [-0.2, 0) is 4.79 Å². The molecule has 0 atom stereocenters. The average molecular weight is 418 g/mol. The number of hydrogen-bond donors (Lipinski definition) is 0. The summed E-state index contributed by atoms with van der Waals surface area (Å²) in [6.45, 7) is 11.6. The minimum absolute atomic E-state index is 0.291. The Labute approximate surface area is 182 Å². The lowest BCUT2D eigenvalue weighted by atomic mass is 10.1. The Morgan fingerprint density at radius 3 is 2.07 bits per heavy atom. The Hall–Kier alpha value is -2.17. The van der Waals surface area contributed by atoms with E-state index in [-0.39, 0.29) is 5.82 Å². The van der Waals surface area contributed by atoms with Gasteiger partial charge in [-0.25, -0.2) is 9.38 Å². The maximum Gasteiger partial charge on any atom is 0.219 e. The third kappa shape index (κ3) is 8.68. The number of allylic oxidation sites excluding steroid dienone is 2. The summed E-state index contributed by atoms with van der Waals surface area (Å²) in [4.78, 5) is 19.6. The van der Waals surface area contributed by atoms with Gasteiger partial charge in [0.25, 0.3) is 0 Å². The van der Waals surface area contributed by atoms with Gasteiger partial charge in [0, 0.05) is 24.9 Å². The minimum atomic E-state index is -0.291. The lowest BCUT2D eigenvalue weighted by Crippen LogP contribution is -2.29. The first kappa shape index (κ1) is 25.9. The van der Waals surface area contributed by atoms with E-state index in [0.717, 1.165) is 31.6 Å². The Balaban J connectivity index is 3.03. The number of carbonyl (C=O) groups is 1. The van der Waals surface area contributed by atoms with Crippen LogP contribution in [0.3, 0.4) is 0 Å². The number of carbonyl (C=O) groups excluding carboxylic acids is 1. The van der Waals surface area contributed by atoms with Crippen LogP contribution in [0.2, 0.25) is 0 Å². The second kappa shape index (κ2) is 14.8. The predicted molar refractivity (Wildman–Crippen MR) is 128 cm³/mol. The van der Waals surface area contributed by atoms with Gasteiger partial charge < -0.3 is 4.90 Å². The normalized spacial score (nSPS) is 12.2. The lowest BCUT2D eigenvalue weighted by Gasteiger charge is -2.26. The average Bonchev–Trinajstić information content (AvgIpc) is 2.73. The molecular formula is C25H40FN3O. The molecule has 0 aliphatic rings. The van der Waals surface area contributed by atoms with Gasteiger partial charge in [0.1, 0.15) is 11.7 Å². The summed E-state index contributed by atoms with van der Waals surface area (Å²) in [5.74, 6) is 0.227. The van der Waals surface area contributed by atoms with Gasteiger partial charge >= 0.3 is 0 Å². The number of amidine groups is 1. The highest BCUT2D eigenvalue weighted by Gasteiger charge is 2.16. The zero-order valence-corrected chi connectivity index (χ0v) is 19.6. The molecule has 0 aromatic heterocycles. The summed E-state index contributed by atoms with van der Waals surface area (Å²) in [6.07, 6.45) is 11.8. The molecule has 168 valence electrons. The van der Waals surface area contributed by atoms with Crippen molar-refractivity contribution in [2.75, 3.05) is 22.9 Å². The van der Waals surface area contributed by atoms with Crippen molar-refractivity contribution >= 4 is 23.6 Å². The molecule has 1 aromatic carbocycles. The number of hydrogen-bond acceptors (Lipinski definition) is 3. The van der Waals surface area contributed by atoms with Gasteiger partial charge in [-0.3, -0.25) is 9.69 Å². The molecule has 0 radical (unpaired) electrons. The van der Waals surface area contributed by atoms with E-state index in [1.807, 2.05) is 26.0 Å². The number of benzene rings is 1. The van der Waals surface area contributed by atoms with Gasteiger partial charge in [-0.2, -0.15) is 0 Å².